The van der Waals surface area contributed by atoms with Gasteiger partial charge in [0.2, 0.25) is 0 Å². The second-order valence-corrected chi connectivity index (χ2v) is 5.85. The quantitative estimate of drug-likeness (QED) is 0.495. The van der Waals surface area contributed by atoms with Gasteiger partial charge in [-0.15, -0.1) is 0 Å². The largest absolute Gasteiger partial charge is 0.455 e. The molecule has 1 amide bonds. The average molecular weight is 340 g/mol. The Kier molecular flexibility index (Phi) is 4.47. The fourth-order valence-corrected chi connectivity index (χ4v) is 2.69. The number of hydrogen-bond donors (Lipinski definition) is 1. The summed E-state index contributed by atoms with van der Waals surface area (Å²) in [4.78, 5) is 34.7. The van der Waals surface area contributed by atoms with Crippen molar-refractivity contribution < 1.29 is 19.2 Å². The van der Waals surface area contributed by atoms with Crippen LogP contribution in [-0.2, 0) is 19.7 Å². The number of carbonyl (C=O) groups is 2. The van der Waals surface area contributed by atoms with Crippen LogP contribution < -0.4 is 5.32 Å². The van der Waals surface area contributed by atoms with Gasteiger partial charge >= 0.3 is 5.97 Å². The van der Waals surface area contributed by atoms with E-state index in [1.54, 1.807) is 6.07 Å². The Bertz CT molecular complexity index is 815. The Morgan fingerprint density at radius 1 is 1.08 bits per heavy atom. The smallest absolute Gasteiger partial charge is 0.317 e. The number of esters is 1. The van der Waals surface area contributed by atoms with E-state index < -0.39 is 28.8 Å². The maximum Gasteiger partial charge on any atom is 0.317 e. The predicted molar refractivity (Wildman–Crippen MR) is 90.0 cm³/mol. The minimum Gasteiger partial charge on any atom is -0.455 e. The molecule has 3 rings (SSSR count). The van der Waals surface area contributed by atoms with Gasteiger partial charge in [0.15, 0.2) is 6.61 Å². The second-order valence-electron chi connectivity index (χ2n) is 5.85. The maximum atomic E-state index is 12.3. The van der Waals surface area contributed by atoms with Gasteiger partial charge in [0, 0.05) is 6.07 Å². The van der Waals surface area contributed by atoms with Gasteiger partial charge in [-0.05, 0) is 24.5 Å². The van der Waals surface area contributed by atoms with Gasteiger partial charge in [-0.3, -0.25) is 19.7 Å². The Balaban J connectivity index is 1.60. The lowest BCUT2D eigenvalue weighted by molar-refractivity contribution is -0.383. The third-order valence-corrected chi connectivity index (χ3v) is 4.18. The number of anilines is 1. The van der Waals surface area contributed by atoms with E-state index >= 15 is 0 Å². The van der Waals surface area contributed by atoms with Crippen molar-refractivity contribution in [2.24, 2.45) is 0 Å². The molecule has 0 heterocycles. The summed E-state index contributed by atoms with van der Waals surface area (Å²) >= 11 is 0. The molecule has 1 aliphatic rings. The number of nitrogens with one attached hydrogen (secondary N) is 1. The molecule has 1 aliphatic carbocycles. The molecule has 0 unspecified atom stereocenters. The molecule has 0 atom stereocenters. The molecule has 1 saturated carbocycles. The van der Waals surface area contributed by atoms with Crippen molar-refractivity contribution in [3.8, 4) is 0 Å². The number of nitrogens with zero attached hydrogens (tertiary/aromatic N) is 1. The topological polar surface area (TPSA) is 98.5 Å². The zero-order chi connectivity index (χ0) is 17.9. The number of amides is 1. The van der Waals surface area contributed by atoms with E-state index in [0.29, 0.717) is 12.8 Å². The van der Waals surface area contributed by atoms with Crippen LogP contribution in [0.1, 0.15) is 18.4 Å². The first-order valence-corrected chi connectivity index (χ1v) is 7.79. The number of rotatable bonds is 6. The molecule has 0 saturated heterocycles. The third kappa shape index (κ3) is 3.50. The number of hydrogen-bond acceptors (Lipinski definition) is 5. The Morgan fingerprint density at radius 2 is 1.72 bits per heavy atom. The zero-order valence-electron chi connectivity index (χ0n) is 13.3. The number of ether oxygens (including phenoxy) is 1. The molecule has 128 valence electrons. The number of nitro groups is 1. The van der Waals surface area contributed by atoms with Gasteiger partial charge in [-0.2, -0.15) is 0 Å². The normalized spacial score (nSPS) is 14.4. The van der Waals surface area contributed by atoms with Crippen LogP contribution in [0.3, 0.4) is 0 Å². The highest BCUT2D eigenvalue weighted by Gasteiger charge is 2.52. The van der Waals surface area contributed by atoms with Gasteiger partial charge in [0.05, 0.1) is 10.3 Å². The van der Waals surface area contributed by atoms with E-state index in [2.05, 4.69) is 5.32 Å². The molecular weight excluding hydrogens is 324 g/mol. The van der Waals surface area contributed by atoms with Gasteiger partial charge in [-0.1, -0.05) is 42.5 Å². The zero-order valence-corrected chi connectivity index (χ0v) is 13.3. The van der Waals surface area contributed by atoms with Crippen molar-refractivity contribution >= 4 is 23.3 Å². The lowest BCUT2D eigenvalue weighted by Gasteiger charge is -2.14. The molecule has 0 aliphatic heterocycles. The van der Waals surface area contributed by atoms with Crippen LogP contribution in [0.4, 0.5) is 11.4 Å². The van der Waals surface area contributed by atoms with Crippen LogP contribution in [0.2, 0.25) is 0 Å². The molecule has 7 nitrogen and oxygen atoms in total. The van der Waals surface area contributed by atoms with E-state index in [-0.39, 0.29) is 11.4 Å². The maximum absolute atomic E-state index is 12.3. The fraction of sp³-hybridized carbons (Fsp3) is 0.222. The molecule has 2 aromatic rings. The van der Waals surface area contributed by atoms with Gasteiger partial charge in [0.1, 0.15) is 5.69 Å². The summed E-state index contributed by atoms with van der Waals surface area (Å²) < 4.78 is 5.14. The second kappa shape index (κ2) is 6.72. The monoisotopic (exact) mass is 340 g/mol. The van der Waals surface area contributed by atoms with Crippen molar-refractivity contribution in [3.63, 3.8) is 0 Å². The van der Waals surface area contributed by atoms with Crippen molar-refractivity contribution in [3.05, 3.63) is 70.3 Å². The van der Waals surface area contributed by atoms with Crippen LogP contribution in [0.15, 0.2) is 54.6 Å². The molecule has 1 N–H and O–H groups in total. The summed E-state index contributed by atoms with van der Waals surface area (Å²) in [6.07, 6.45) is 1.36. The number of carbonyl (C=O) groups excluding carboxylic acids is 2. The average Bonchev–Trinajstić information content (AvgIpc) is 3.43. The Morgan fingerprint density at radius 3 is 2.36 bits per heavy atom. The number of benzene rings is 2. The van der Waals surface area contributed by atoms with Gasteiger partial charge < -0.3 is 10.1 Å². The fourth-order valence-electron chi connectivity index (χ4n) is 2.69. The molecule has 1 fully saturated rings. The van der Waals surface area contributed by atoms with E-state index in [0.717, 1.165) is 5.56 Å². The third-order valence-electron chi connectivity index (χ3n) is 4.18. The summed E-state index contributed by atoms with van der Waals surface area (Å²) in [6.45, 7) is -0.487. The van der Waals surface area contributed by atoms with E-state index in [9.17, 15) is 19.7 Å². The molecule has 0 spiro atoms. The van der Waals surface area contributed by atoms with Crippen LogP contribution in [-0.4, -0.2) is 23.4 Å². The minimum atomic E-state index is -0.666. The highest BCUT2D eigenvalue weighted by atomic mass is 16.6. The molecule has 0 radical (unpaired) electrons. The minimum absolute atomic E-state index is 0.0674. The van der Waals surface area contributed by atoms with E-state index in [4.69, 9.17) is 4.74 Å². The molecule has 25 heavy (non-hydrogen) atoms. The summed E-state index contributed by atoms with van der Waals surface area (Å²) in [5, 5.41) is 13.3. The summed E-state index contributed by atoms with van der Waals surface area (Å²) in [5.41, 5.74) is 0.0577. The predicted octanol–water partition coefficient (Wildman–Crippen LogP) is 2.81. The molecule has 7 heteroatoms. The van der Waals surface area contributed by atoms with Crippen molar-refractivity contribution in [1.82, 2.24) is 0 Å². The standard InChI is InChI=1S/C18H16N2O5/c21-16(19-14-8-4-5-9-15(14)20(23)24)12-25-17(22)18(10-11-18)13-6-2-1-3-7-13/h1-9H,10-12H2,(H,19,21). The first kappa shape index (κ1) is 16.6. The van der Waals surface area contributed by atoms with Crippen LogP contribution in [0, 0.1) is 10.1 Å². The lowest BCUT2D eigenvalue weighted by Crippen LogP contribution is -2.28. The SMILES string of the molecule is O=C(COC(=O)C1(c2ccccc2)CC1)Nc1ccccc1[N+](=O)[O-]. The number of nitro benzene ring substituents is 1. The first-order chi connectivity index (χ1) is 12.0. The van der Waals surface area contributed by atoms with Crippen molar-refractivity contribution in [1.29, 1.82) is 0 Å². The summed E-state index contributed by atoms with van der Waals surface area (Å²) in [7, 11) is 0. The molecule has 2 aromatic carbocycles. The van der Waals surface area contributed by atoms with Crippen LogP contribution in [0.25, 0.3) is 0 Å². The van der Waals surface area contributed by atoms with Gasteiger partial charge in [0.25, 0.3) is 11.6 Å². The Labute approximate surface area is 143 Å². The van der Waals surface area contributed by atoms with Crippen LogP contribution in [0.5, 0.6) is 0 Å². The van der Waals surface area contributed by atoms with Gasteiger partial charge in [-0.25, -0.2) is 0 Å². The highest BCUT2D eigenvalue weighted by Crippen LogP contribution is 2.49. The van der Waals surface area contributed by atoms with Crippen molar-refractivity contribution in [2.75, 3.05) is 11.9 Å². The Hall–Kier alpha value is -3.22. The highest BCUT2D eigenvalue weighted by molar-refractivity contribution is 5.96. The van der Waals surface area contributed by atoms with Crippen LogP contribution >= 0.6 is 0 Å². The molecule has 0 aromatic heterocycles. The number of para-hydroxylation sites is 2. The lowest BCUT2D eigenvalue weighted by atomic mass is 9.96. The van der Waals surface area contributed by atoms with E-state index in [1.165, 1.54) is 18.2 Å². The molecule has 0 bridgehead atoms. The van der Waals surface area contributed by atoms with E-state index in [1.807, 2.05) is 30.3 Å². The van der Waals surface area contributed by atoms with Crippen molar-refractivity contribution in [2.45, 2.75) is 18.3 Å². The summed E-state index contributed by atoms with van der Waals surface area (Å²) in [5.74, 6) is -1.07. The first-order valence-electron chi connectivity index (χ1n) is 7.79. The summed E-state index contributed by atoms with van der Waals surface area (Å²) in [6, 6.07) is 15.1. The molecular formula is C18H16N2O5.